The summed E-state index contributed by atoms with van der Waals surface area (Å²) in [4.78, 5) is 11.9. The standard InChI is InChI=1S/C13H17ClO2/c1-9-5-6-10(7-11(9)14)12(15)8-13(2,3)16-4/h5-7H,8H2,1-4H3. The van der Waals surface area contributed by atoms with Gasteiger partial charge < -0.3 is 4.74 Å². The molecule has 16 heavy (non-hydrogen) atoms. The average Bonchev–Trinajstić information content (AvgIpc) is 2.21. The predicted molar refractivity (Wildman–Crippen MR) is 66.2 cm³/mol. The van der Waals surface area contributed by atoms with Crippen LogP contribution in [0.4, 0.5) is 0 Å². The Morgan fingerprint density at radius 2 is 2.06 bits per heavy atom. The van der Waals surface area contributed by atoms with Crippen LogP contribution >= 0.6 is 11.6 Å². The lowest BCUT2D eigenvalue weighted by Crippen LogP contribution is -2.26. The van der Waals surface area contributed by atoms with Crippen molar-refractivity contribution < 1.29 is 9.53 Å². The molecule has 0 fully saturated rings. The molecule has 0 unspecified atom stereocenters. The number of benzene rings is 1. The molecular weight excluding hydrogens is 224 g/mol. The van der Waals surface area contributed by atoms with Gasteiger partial charge in [0.15, 0.2) is 5.78 Å². The first kappa shape index (κ1) is 13.2. The van der Waals surface area contributed by atoms with Gasteiger partial charge in [-0.3, -0.25) is 4.79 Å². The lowest BCUT2D eigenvalue weighted by atomic mass is 9.97. The van der Waals surface area contributed by atoms with E-state index in [1.54, 1.807) is 19.2 Å². The smallest absolute Gasteiger partial charge is 0.165 e. The van der Waals surface area contributed by atoms with Crippen LogP contribution in [0.15, 0.2) is 18.2 Å². The molecule has 0 N–H and O–H groups in total. The van der Waals surface area contributed by atoms with Crippen LogP contribution in [0.25, 0.3) is 0 Å². The first-order valence-electron chi connectivity index (χ1n) is 5.20. The maximum absolute atomic E-state index is 11.9. The first-order valence-corrected chi connectivity index (χ1v) is 5.58. The SMILES string of the molecule is COC(C)(C)CC(=O)c1ccc(C)c(Cl)c1. The summed E-state index contributed by atoms with van der Waals surface area (Å²) < 4.78 is 5.23. The number of halogens is 1. The van der Waals surface area contributed by atoms with E-state index >= 15 is 0 Å². The van der Waals surface area contributed by atoms with Crippen LogP contribution < -0.4 is 0 Å². The van der Waals surface area contributed by atoms with Gasteiger partial charge in [-0.15, -0.1) is 0 Å². The van der Waals surface area contributed by atoms with Crippen LogP contribution in [-0.4, -0.2) is 18.5 Å². The Kier molecular flexibility index (Phi) is 4.11. The predicted octanol–water partition coefficient (Wildman–Crippen LogP) is 3.65. The third-order valence-corrected chi connectivity index (χ3v) is 3.04. The number of Topliss-reactive ketones (excluding diaryl/α,β-unsaturated/α-hetero) is 1. The number of rotatable bonds is 4. The molecule has 0 bridgehead atoms. The number of aryl methyl sites for hydroxylation is 1. The molecule has 1 aromatic rings. The molecular formula is C13H17ClO2. The number of carbonyl (C=O) groups is 1. The van der Waals surface area contributed by atoms with Gasteiger partial charge >= 0.3 is 0 Å². The molecule has 0 radical (unpaired) electrons. The van der Waals surface area contributed by atoms with Crippen molar-refractivity contribution in [2.75, 3.05) is 7.11 Å². The first-order chi connectivity index (χ1) is 7.35. The zero-order valence-electron chi connectivity index (χ0n) is 10.1. The van der Waals surface area contributed by atoms with Gasteiger partial charge in [0.25, 0.3) is 0 Å². The van der Waals surface area contributed by atoms with E-state index in [9.17, 15) is 4.79 Å². The fourth-order valence-corrected chi connectivity index (χ4v) is 1.51. The molecule has 1 rings (SSSR count). The van der Waals surface area contributed by atoms with Crippen molar-refractivity contribution in [2.24, 2.45) is 0 Å². The third-order valence-electron chi connectivity index (χ3n) is 2.63. The van der Waals surface area contributed by atoms with E-state index in [1.165, 1.54) is 0 Å². The molecule has 0 saturated heterocycles. The second-order valence-corrected chi connectivity index (χ2v) is 4.93. The normalized spacial score (nSPS) is 11.6. The van der Waals surface area contributed by atoms with E-state index in [1.807, 2.05) is 26.8 Å². The molecule has 88 valence electrons. The summed E-state index contributed by atoms with van der Waals surface area (Å²) in [6.07, 6.45) is 0.350. The van der Waals surface area contributed by atoms with Gasteiger partial charge in [-0.05, 0) is 32.4 Å². The van der Waals surface area contributed by atoms with Gasteiger partial charge in [0.1, 0.15) is 0 Å². The second kappa shape index (κ2) is 4.98. The van der Waals surface area contributed by atoms with Crippen LogP contribution in [-0.2, 0) is 4.74 Å². The zero-order valence-corrected chi connectivity index (χ0v) is 10.9. The molecule has 0 amide bonds. The molecule has 0 aromatic heterocycles. The molecule has 0 saturated carbocycles. The summed E-state index contributed by atoms with van der Waals surface area (Å²) in [6, 6.07) is 5.37. The number of methoxy groups -OCH3 is 1. The number of hydrogen-bond acceptors (Lipinski definition) is 2. The maximum atomic E-state index is 11.9. The van der Waals surface area contributed by atoms with Crippen LogP contribution in [0, 0.1) is 6.92 Å². The van der Waals surface area contributed by atoms with Crippen LogP contribution in [0.5, 0.6) is 0 Å². The van der Waals surface area contributed by atoms with Crippen molar-refractivity contribution in [1.82, 2.24) is 0 Å². The molecule has 1 aromatic carbocycles. The van der Waals surface area contributed by atoms with Crippen LogP contribution in [0.1, 0.15) is 36.2 Å². The topological polar surface area (TPSA) is 26.3 Å². The van der Waals surface area contributed by atoms with Crippen molar-refractivity contribution >= 4 is 17.4 Å². The highest BCUT2D eigenvalue weighted by Gasteiger charge is 2.22. The molecule has 0 spiro atoms. The van der Waals surface area contributed by atoms with E-state index in [0.717, 1.165) is 5.56 Å². The van der Waals surface area contributed by atoms with E-state index in [2.05, 4.69) is 0 Å². The highest BCUT2D eigenvalue weighted by atomic mass is 35.5. The fraction of sp³-hybridized carbons (Fsp3) is 0.462. The monoisotopic (exact) mass is 240 g/mol. The molecule has 0 atom stereocenters. The van der Waals surface area contributed by atoms with Gasteiger partial charge in [0.2, 0.25) is 0 Å². The van der Waals surface area contributed by atoms with Gasteiger partial charge in [-0.2, -0.15) is 0 Å². The van der Waals surface area contributed by atoms with Crippen LogP contribution in [0.2, 0.25) is 5.02 Å². The Balaban J connectivity index is 2.85. The van der Waals surface area contributed by atoms with Crippen LogP contribution in [0.3, 0.4) is 0 Å². The Bertz CT molecular complexity index is 397. The summed E-state index contributed by atoms with van der Waals surface area (Å²) in [7, 11) is 1.61. The van der Waals surface area contributed by atoms with Crippen molar-refractivity contribution in [3.05, 3.63) is 34.3 Å². The lowest BCUT2D eigenvalue weighted by Gasteiger charge is -2.21. The molecule has 0 heterocycles. The number of ether oxygens (including phenoxy) is 1. The molecule has 0 aliphatic heterocycles. The average molecular weight is 241 g/mol. The summed E-state index contributed by atoms with van der Waals surface area (Å²) in [5, 5.41) is 0.626. The van der Waals surface area contributed by atoms with Crippen molar-refractivity contribution in [1.29, 1.82) is 0 Å². The lowest BCUT2D eigenvalue weighted by molar-refractivity contribution is 0.0172. The Morgan fingerprint density at radius 1 is 1.44 bits per heavy atom. The van der Waals surface area contributed by atoms with E-state index < -0.39 is 5.60 Å². The number of ketones is 1. The highest BCUT2D eigenvalue weighted by molar-refractivity contribution is 6.31. The van der Waals surface area contributed by atoms with E-state index in [-0.39, 0.29) is 5.78 Å². The number of hydrogen-bond donors (Lipinski definition) is 0. The van der Waals surface area contributed by atoms with Gasteiger partial charge in [0.05, 0.1) is 5.60 Å². The summed E-state index contributed by atoms with van der Waals surface area (Å²) in [6.45, 7) is 5.69. The fourth-order valence-electron chi connectivity index (χ4n) is 1.33. The summed E-state index contributed by atoms with van der Waals surface area (Å²) in [5.41, 5.74) is 1.18. The third kappa shape index (κ3) is 3.32. The quantitative estimate of drug-likeness (QED) is 0.751. The Labute approximate surface area is 102 Å². The van der Waals surface area contributed by atoms with Crippen molar-refractivity contribution in [3.8, 4) is 0 Å². The zero-order chi connectivity index (χ0) is 12.3. The minimum Gasteiger partial charge on any atom is -0.378 e. The summed E-state index contributed by atoms with van der Waals surface area (Å²) >= 11 is 5.98. The van der Waals surface area contributed by atoms with Gasteiger partial charge in [0, 0.05) is 24.1 Å². The van der Waals surface area contributed by atoms with Gasteiger partial charge in [-0.1, -0.05) is 23.7 Å². The number of carbonyl (C=O) groups excluding carboxylic acids is 1. The summed E-state index contributed by atoms with van der Waals surface area (Å²) in [5.74, 6) is 0.0498. The Hall–Kier alpha value is -0.860. The highest BCUT2D eigenvalue weighted by Crippen LogP contribution is 2.21. The molecule has 0 aliphatic carbocycles. The molecule has 3 heteroatoms. The minimum absolute atomic E-state index is 0.0498. The maximum Gasteiger partial charge on any atom is 0.165 e. The second-order valence-electron chi connectivity index (χ2n) is 4.53. The minimum atomic E-state index is -0.436. The molecule has 0 aliphatic rings. The van der Waals surface area contributed by atoms with Crippen molar-refractivity contribution in [3.63, 3.8) is 0 Å². The van der Waals surface area contributed by atoms with Gasteiger partial charge in [-0.25, -0.2) is 0 Å². The van der Waals surface area contributed by atoms with E-state index in [4.69, 9.17) is 16.3 Å². The Morgan fingerprint density at radius 3 is 2.56 bits per heavy atom. The van der Waals surface area contributed by atoms with E-state index in [0.29, 0.717) is 17.0 Å². The van der Waals surface area contributed by atoms with Crippen molar-refractivity contribution in [2.45, 2.75) is 32.8 Å². The largest absolute Gasteiger partial charge is 0.378 e. The molecule has 2 nitrogen and oxygen atoms in total.